The van der Waals surface area contributed by atoms with Crippen LogP contribution in [0.2, 0.25) is 0 Å². The third-order valence-electron chi connectivity index (χ3n) is 7.45. The number of carbonyl (C=O) groups is 1. The number of ether oxygens (including phenoxy) is 6. The number of carbonyl (C=O) groups excluding carboxylic acids is 1. The summed E-state index contributed by atoms with van der Waals surface area (Å²) in [5.74, 6) is 2.45. The van der Waals surface area contributed by atoms with Gasteiger partial charge in [-0.05, 0) is 49.0 Å². The Balaban J connectivity index is 1.31. The SMILES string of the molecule is CCOC1OC(C(=O)N2CCN(Cc3ccc4c(c3)OCO4)CC2)=CC(C(C)C)C1CCOCCOCCO. The Morgan fingerprint density at radius 1 is 1.05 bits per heavy atom. The lowest BCUT2D eigenvalue weighted by Gasteiger charge is -2.40. The Labute approximate surface area is 231 Å². The second-order valence-corrected chi connectivity index (χ2v) is 10.5. The van der Waals surface area contributed by atoms with E-state index >= 15 is 0 Å². The van der Waals surface area contributed by atoms with E-state index in [2.05, 4.69) is 24.8 Å². The molecular formula is C29H44N2O8. The number of fused-ring (bicyclic) bond motifs is 1. The zero-order valence-electron chi connectivity index (χ0n) is 23.5. The van der Waals surface area contributed by atoms with E-state index in [1.54, 1.807) is 0 Å². The standard InChI is InChI=1S/C29H44N2O8/c1-4-36-29-23(7-13-34-15-16-35-14-12-32)24(21(2)3)18-27(39-29)28(33)31-10-8-30(9-11-31)19-22-5-6-25-26(17-22)38-20-37-25/h5-6,17-18,21,23-24,29,32H,4,7-16,19-20H2,1-3H3. The van der Waals surface area contributed by atoms with Gasteiger partial charge in [-0.25, -0.2) is 0 Å². The van der Waals surface area contributed by atoms with Crippen molar-refractivity contribution in [2.24, 2.45) is 17.8 Å². The molecule has 0 radical (unpaired) electrons. The lowest BCUT2D eigenvalue weighted by molar-refractivity contribution is -0.180. The van der Waals surface area contributed by atoms with E-state index in [0.717, 1.165) is 37.6 Å². The maximum absolute atomic E-state index is 13.5. The molecule has 0 spiro atoms. The molecule has 1 aromatic carbocycles. The molecule has 0 bridgehead atoms. The highest BCUT2D eigenvalue weighted by Gasteiger charge is 2.39. The molecule has 3 aliphatic heterocycles. The Bertz CT molecular complexity index is 947. The molecule has 0 aliphatic carbocycles. The fourth-order valence-corrected chi connectivity index (χ4v) is 5.36. The number of aliphatic hydroxyl groups is 1. The summed E-state index contributed by atoms with van der Waals surface area (Å²) < 4.78 is 34.1. The molecule has 1 N–H and O–H groups in total. The van der Waals surface area contributed by atoms with E-state index in [1.165, 1.54) is 5.56 Å². The first-order valence-corrected chi connectivity index (χ1v) is 14.2. The van der Waals surface area contributed by atoms with Gasteiger partial charge in [0.05, 0.1) is 26.4 Å². The molecule has 218 valence electrons. The average Bonchev–Trinajstić information content (AvgIpc) is 3.41. The summed E-state index contributed by atoms with van der Waals surface area (Å²) in [5.41, 5.74) is 1.17. The van der Waals surface area contributed by atoms with Crippen molar-refractivity contribution in [3.05, 3.63) is 35.6 Å². The molecule has 1 fully saturated rings. The average molecular weight is 549 g/mol. The summed E-state index contributed by atoms with van der Waals surface area (Å²) in [6.07, 6.45) is 2.27. The summed E-state index contributed by atoms with van der Waals surface area (Å²) >= 11 is 0. The van der Waals surface area contributed by atoms with Crippen LogP contribution in [0.5, 0.6) is 11.5 Å². The minimum Gasteiger partial charge on any atom is -0.459 e. The van der Waals surface area contributed by atoms with E-state index in [4.69, 9.17) is 33.5 Å². The van der Waals surface area contributed by atoms with Gasteiger partial charge in [0.2, 0.25) is 13.1 Å². The molecule has 3 aliphatic rings. The van der Waals surface area contributed by atoms with Crippen molar-refractivity contribution in [1.82, 2.24) is 9.80 Å². The molecular weight excluding hydrogens is 504 g/mol. The minimum absolute atomic E-state index is 0.00968. The fourth-order valence-electron chi connectivity index (χ4n) is 5.36. The third kappa shape index (κ3) is 8.08. The van der Waals surface area contributed by atoms with Crippen LogP contribution >= 0.6 is 0 Å². The van der Waals surface area contributed by atoms with Crippen LogP contribution in [0.25, 0.3) is 0 Å². The van der Waals surface area contributed by atoms with Gasteiger partial charge in [-0.15, -0.1) is 0 Å². The molecule has 0 aromatic heterocycles. The second-order valence-electron chi connectivity index (χ2n) is 10.5. The first-order chi connectivity index (χ1) is 19.0. The highest BCUT2D eigenvalue weighted by Crippen LogP contribution is 2.37. The lowest BCUT2D eigenvalue weighted by atomic mass is 9.79. The first kappa shape index (κ1) is 29.6. The van der Waals surface area contributed by atoms with Crippen LogP contribution in [0.3, 0.4) is 0 Å². The van der Waals surface area contributed by atoms with Crippen molar-refractivity contribution >= 4 is 5.91 Å². The number of amides is 1. The van der Waals surface area contributed by atoms with E-state index < -0.39 is 6.29 Å². The van der Waals surface area contributed by atoms with Gasteiger partial charge in [0.15, 0.2) is 17.3 Å². The van der Waals surface area contributed by atoms with Crippen molar-refractivity contribution in [3.8, 4) is 11.5 Å². The molecule has 4 rings (SSSR count). The van der Waals surface area contributed by atoms with Gasteiger partial charge in [0.1, 0.15) is 0 Å². The van der Waals surface area contributed by atoms with Crippen molar-refractivity contribution in [1.29, 1.82) is 0 Å². The molecule has 1 amide bonds. The number of allylic oxidation sites excluding steroid dienone is 1. The summed E-state index contributed by atoms with van der Waals surface area (Å²) in [7, 11) is 0. The van der Waals surface area contributed by atoms with Crippen LogP contribution in [-0.2, 0) is 30.3 Å². The molecule has 3 unspecified atom stereocenters. The van der Waals surface area contributed by atoms with Crippen LogP contribution in [0.4, 0.5) is 0 Å². The summed E-state index contributed by atoms with van der Waals surface area (Å²) in [6.45, 7) is 12.5. The van der Waals surface area contributed by atoms with Crippen LogP contribution in [0.1, 0.15) is 32.8 Å². The van der Waals surface area contributed by atoms with Gasteiger partial charge in [-0.1, -0.05) is 19.9 Å². The highest BCUT2D eigenvalue weighted by atomic mass is 16.7. The number of nitrogens with zero attached hydrogens (tertiary/aromatic N) is 2. The van der Waals surface area contributed by atoms with Gasteiger partial charge >= 0.3 is 0 Å². The summed E-state index contributed by atoms with van der Waals surface area (Å²) in [5, 5.41) is 8.80. The van der Waals surface area contributed by atoms with Crippen LogP contribution in [0, 0.1) is 17.8 Å². The Hall–Kier alpha value is -2.37. The fraction of sp³-hybridized carbons (Fsp3) is 0.690. The number of benzene rings is 1. The predicted molar refractivity (Wildman–Crippen MR) is 144 cm³/mol. The van der Waals surface area contributed by atoms with Crippen molar-refractivity contribution in [3.63, 3.8) is 0 Å². The number of aliphatic hydroxyl groups excluding tert-OH is 1. The smallest absolute Gasteiger partial charge is 0.288 e. The first-order valence-electron chi connectivity index (χ1n) is 14.2. The summed E-state index contributed by atoms with van der Waals surface area (Å²) in [4.78, 5) is 17.8. The van der Waals surface area contributed by atoms with Crippen LogP contribution < -0.4 is 9.47 Å². The van der Waals surface area contributed by atoms with E-state index in [-0.39, 0.29) is 31.1 Å². The maximum Gasteiger partial charge on any atom is 0.288 e. The second kappa shape index (κ2) is 14.9. The van der Waals surface area contributed by atoms with Crippen molar-refractivity contribution in [2.45, 2.75) is 40.0 Å². The zero-order valence-corrected chi connectivity index (χ0v) is 23.5. The molecule has 3 atom stereocenters. The van der Waals surface area contributed by atoms with Gasteiger partial charge < -0.3 is 38.4 Å². The van der Waals surface area contributed by atoms with Crippen molar-refractivity contribution in [2.75, 3.05) is 72.6 Å². The molecule has 10 nitrogen and oxygen atoms in total. The van der Waals surface area contributed by atoms with Gasteiger partial charge in [0.25, 0.3) is 5.91 Å². The molecule has 1 aromatic rings. The predicted octanol–water partition coefficient (Wildman–Crippen LogP) is 2.64. The van der Waals surface area contributed by atoms with E-state index in [1.807, 2.05) is 30.0 Å². The highest BCUT2D eigenvalue weighted by molar-refractivity contribution is 5.91. The molecule has 0 saturated carbocycles. The topological polar surface area (TPSA) is 99.2 Å². The minimum atomic E-state index is -0.493. The van der Waals surface area contributed by atoms with Crippen LogP contribution in [-0.4, -0.2) is 99.7 Å². The Morgan fingerprint density at radius 2 is 1.79 bits per heavy atom. The van der Waals surface area contributed by atoms with Gasteiger partial charge in [0, 0.05) is 51.9 Å². The molecule has 39 heavy (non-hydrogen) atoms. The number of hydrogen-bond donors (Lipinski definition) is 1. The van der Waals surface area contributed by atoms with E-state index in [9.17, 15) is 4.79 Å². The third-order valence-corrected chi connectivity index (χ3v) is 7.45. The summed E-state index contributed by atoms with van der Waals surface area (Å²) in [6, 6.07) is 6.06. The number of piperazine rings is 1. The van der Waals surface area contributed by atoms with Crippen LogP contribution in [0.15, 0.2) is 30.0 Å². The monoisotopic (exact) mass is 548 g/mol. The molecule has 10 heteroatoms. The Morgan fingerprint density at radius 3 is 2.51 bits per heavy atom. The largest absolute Gasteiger partial charge is 0.459 e. The zero-order chi connectivity index (χ0) is 27.6. The maximum atomic E-state index is 13.5. The lowest BCUT2D eigenvalue weighted by Crippen LogP contribution is -2.50. The molecule has 3 heterocycles. The Kier molecular flexibility index (Phi) is 11.3. The van der Waals surface area contributed by atoms with Crippen molar-refractivity contribution < 1.29 is 38.3 Å². The quantitative estimate of drug-likeness (QED) is 0.352. The number of rotatable bonds is 14. The molecule has 1 saturated heterocycles. The van der Waals surface area contributed by atoms with E-state index in [0.29, 0.717) is 57.8 Å². The van der Waals surface area contributed by atoms with Gasteiger partial charge in [-0.3, -0.25) is 9.69 Å². The number of hydrogen-bond acceptors (Lipinski definition) is 9. The normalized spacial score (nSPS) is 23.2. The van der Waals surface area contributed by atoms with Gasteiger partial charge in [-0.2, -0.15) is 0 Å².